The Bertz CT molecular complexity index is 1270. The molecule has 0 spiro atoms. The van der Waals surface area contributed by atoms with Crippen LogP contribution in [0.3, 0.4) is 0 Å². The minimum Gasteiger partial charge on any atom is -0.444 e. The van der Waals surface area contributed by atoms with Crippen molar-refractivity contribution < 1.29 is 19.1 Å². The van der Waals surface area contributed by atoms with Gasteiger partial charge >= 0.3 is 12.2 Å². The van der Waals surface area contributed by atoms with E-state index in [0.717, 1.165) is 93.4 Å². The van der Waals surface area contributed by atoms with Gasteiger partial charge < -0.3 is 14.8 Å². The second-order valence-corrected chi connectivity index (χ2v) is 15.4. The Hall–Kier alpha value is -3.08. The van der Waals surface area contributed by atoms with Crippen LogP contribution in [-0.2, 0) is 9.47 Å². The number of hydrogen-bond donors (Lipinski definition) is 1. The topological polar surface area (TPSA) is 96.9 Å². The number of likely N-dealkylation sites (tertiary alicyclic amines) is 2. The van der Waals surface area contributed by atoms with Crippen LogP contribution < -0.4 is 9.80 Å². The second-order valence-electron chi connectivity index (χ2n) is 15.4. The number of alkyl carbamates (subject to hydrolysis) is 1. The number of carbonyl (C=O) groups excluding carboxylic acids is 2. The van der Waals surface area contributed by atoms with Crippen molar-refractivity contribution in [2.45, 2.75) is 123 Å². The van der Waals surface area contributed by atoms with Crippen molar-refractivity contribution in [3.8, 4) is 0 Å². The highest BCUT2D eigenvalue weighted by Gasteiger charge is 2.47. The van der Waals surface area contributed by atoms with Crippen LogP contribution in [0.4, 0.5) is 21.0 Å². The lowest BCUT2D eigenvalue weighted by Gasteiger charge is -2.36. The average Bonchev–Trinajstić information content (AvgIpc) is 3.62. The maximum absolute atomic E-state index is 14.7. The lowest BCUT2D eigenvalue weighted by molar-refractivity contribution is 0.0351. The summed E-state index contributed by atoms with van der Waals surface area (Å²) in [5.74, 6) is 0. The maximum atomic E-state index is 14.7. The summed E-state index contributed by atoms with van der Waals surface area (Å²) >= 11 is 0. The zero-order valence-electron chi connectivity index (χ0n) is 30.2. The Morgan fingerprint density at radius 1 is 0.766 bits per heavy atom. The largest absolute Gasteiger partial charge is 0.527 e. The molecule has 2 unspecified atom stereocenters. The van der Waals surface area contributed by atoms with Crippen molar-refractivity contribution in [1.29, 1.82) is 0 Å². The van der Waals surface area contributed by atoms with Crippen LogP contribution in [0.15, 0.2) is 36.9 Å². The summed E-state index contributed by atoms with van der Waals surface area (Å²) in [4.78, 5) is 40.9. The van der Waals surface area contributed by atoms with Crippen molar-refractivity contribution in [2.24, 2.45) is 0 Å². The summed E-state index contributed by atoms with van der Waals surface area (Å²) in [6, 6.07) is 4.91. The molecule has 2 fully saturated rings. The van der Waals surface area contributed by atoms with Crippen LogP contribution in [-0.4, -0.2) is 83.4 Å². The first-order valence-electron chi connectivity index (χ1n) is 17.6. The van der Waals surface area contributed by atoms with Gasteiger partial charge in [-0.3, -0.25) is 19.8 Å². The SMILES string of the molecule is CN1CCCC1c1cncc([N+](CCCCCCCNC(=O)OC(C)(C)C)(C(=O)OC(C)(C)C)c2cncc(C3CCCN3C)c2)c1. The average molecular weight is 652 g/mol. The molecule has 2 aliphatic rings. The normalized spacial score (nSPS) is 20.6. The van der Waals surface area contributed by atoms with Gasteiger partial charge in [-0.15, -0.1) is 0 Å². The Morgan fingerprint density at radius 3 is 1.72 bits per heavy atom. The fourth-order valence-electron chi connectivity index (χ4n) is 6.89. The molecule has 10 nitrogen and oxygen atoms in total. The number of pyridine rings is 2. The molecule has 1 N–H and O–H groups in total. The van der Waals surface area contributed by atoms with Gasteiger partial charge in [0.15, 0.2) is 11.4 Å². The number of hydrogen-bond acceptors (Lipinski definition) is 8. The van der Waals surface area contributed by atoms with E-state index < -0.39 is 11.2 Å². The Balaban J connectivity index is 1.61. The molecular formula is C37H59N6O4+. The summed E-state index contributed by atoms with van der Waals surface area (Å²) in [6.45, 7) is 14.6. The lowest BCUT2D eigenvalue weighted by Crippen LogP contribution is -2.53. The molecule has 2 aromatic heterocycles. The molecule has 2 aliphatic heterocycles. The molecule has 2 saturated heterocycles. The van der Waals surface area contributed by atoms with Crippen molar-refractivity contribution >= 4 is 23.6 Å². The predicted octanol–water partition coefficient (Wildman–Crippen LogP) is 8.06. The number of quaternary nitrogens is 1. The first-order chi connectivity index (χ1) is 22.2. The van der Waals surface area contributed by atoms with Gasteiger partial charge in [-0.25, -0.2) is 4.79 Å². The number of amides is 2. The van der Waals surface area contributed by atoms with Crippen molar-refractivity contribution in [2.75, 3.05) is 40.3 Å². The minimum absolute atomic E-state index is 0.0913. The Morgan fingerprint density at radius 2 is 1.26 bits per heavy atom. The number of nitrogens with zero attached hydrogens (tertiary/aromatic N) is 5. The highest BCUT2D eigenvalue weighted by atomic mass is 16.6. The number of nitrogens with one attached hydrogen (secondary N) is 1. The van der Waals surface area contributed by atoms with Crippen LogP contribution in [0.1, 0.15) is 123 Å². The summed E-state index contributed by atoms with van der Waals surface area (Å²) in [5, 5.41) is 2.85. The highest BCUT2D eigenvalue weighted by molar-refractivity contribution is 5.90. The van der Waals surface area contributed by atoms with E-state index in [2.05, 4.69) is 41.3 Å². The van der Waals surface area contributed by atoms with Gasteiger partial charge in [0.2, 0.25) is 0 Å². The van der Waals surface area contributed by atoms with Crippen LogP contribution in [0.5, 0.6) is 0 Å². The molecule has 4 heterocycles. The lowest BCUT2D eigenvalue weighted by atomic mass is 10.0. The van der Waals surface area contributed by atoms with Gasteiger partial charge in [-0.1, -0.05) is 12.8 Å². The van der Waals surface area contributed by atoms with Crippen LogP contribution in [0, 0.1) is 0 Å². The van der Waals surface area contributed by atoms with E-state index in [0.29, 0.717) is 13.1 Å². The third-order valence-electron chi connectivity index (χ3n) is 9.23. The monoisotopic (exact) mass is 651 g/mol. The molecule has 0 aromatic carbocycles. The second kappa shape index (κ2) is 15.9. The summed E-state index contributed by atoms with van der Waals surface area (Å²) in [7, 11) is 4.32. The molecule has 0 radical (unpaired) electrons. The van der Waals surface area contributed by atoms with Gasteiger partial charge in [-0.2, -0.15) is 9.28 Å². The van der Waals surface area contributed by atoms with E-state index >= 15 is 0 Å². The van der Waals surface area contributed by atoms with Gasteiger partial charge in [0, 0.05) is 43.2 Å². The standard InChI is InChI=1S/C37H58N6O4/c1-36(2,3)46-34(44)40-18-12-10-9-11-13-21-43(35(45)47-37(4,5)6,30-22-28(24-38-26-30)32-16-14-19-41(32)7)31-23-29(25-39-27-31)33-17-15-20-42(33)8/h22-27,32-33H,9-21H2,1-8H3/p+1. The van der Waals surface area contributed by atoms with Crippen LogP contribution >= 0.6 is 0 Å². The van der Waals surface area contributed by atoms with Crippen LogP contribution in [0.2, 0.25) is 0 Å². The number of ether oxygens (including phenoxy) is 2. The number of unbranched alkanes of at least 4 members (excludes halogenated alkanes) is 4. The van der Waals surface area contributed by atoms with Crippen molar-refractivity contribution in [1.82, 2.24) is 29.6 Å². The molecule has 260 valence electrons. The maximum Gasteiger partial charge on any atom is 0.527 e. The quantitative estimate of drug-likeness (QED) is 0.182. The summed E-state index contributed by atoms with van der Waals surface area (Å²) < 4.78 is 11.5. The molecule has 2 amide bonds. The minimum atomic E-state index is -0.671. The number of carbonyl (C=O) groups is 2. The Labute approximate surface area is 282 Å². The molecule has 0 aliphatic carbocycles. The van der Waals surface area contributed by atoms with Crippen LogP contribution in [0.25, 0.3) is 0 Å². The molecule has 0 bridgehead atoms. The third kappa shape index (κ3) is 9.97. The fourth-order valence-corrected chi connectivity index (χ4v) is 6.89. The predicted molar refractivity (Wildman–Crippen MR) is 188 cm³/mol. The molecule has 0 saturated carbocycles. The van der Waals surface area contributed by atoms with E-state index in [1.165, 1.54) is 0 Å². The highest BCUT2D eigenvalue weighted by Crippen LogP contribution is 2.42. The van der Waals surface area contributed by atoms with E-state index in [1.807, 2.05) is 66.3 Å². The first kappa shape index (κ1) is 36.8. The van der Waals surface area contributed by atoms with Crippen molar-refractivity contribution in [3.63, 3.8) is 0 Å². The molecule has 10 heteroatoms. The number of aromatic nitrogens is 2. The van der Waals surface area contributed by atoms with E-state index in [-0.39, 0.29) is 28.8 Å². The van der Waals surface area contributed by atoms with Gasteiger partial charge in [0.25, 0.3) is 0 Å². The summed E-state index contributed by atoms with van der Waals surface area (Å²) in [5.41, 5.74) is 2.72. The zero-order chi connectivity index (χ0) is 34.2. The van der Waals surface area contributed by atoms with Gasteiger partial charge in [-0.05, 0) is 125 Å². The summed E-state index contributed by atoms with van der Waals surface area (Å²) in [6.07, 6.45) is 15.9. The zero-order valence-corrected chi connectivity index (χ0v) is 30.2. The smallest absolute Gasteiger partial charge is 0.444 e. The third-order valence-corrected chi connectivity index (χ3v) is 9.23. The first-order valence-corrected chi connectivity index (χ1v) is 17.6. The van der Waals surface area contributed by atoms with Gasteiger partial charge in [0.1, 0.15) is 11.2 Å². The molecule has 47 heavy (non-hydrogen) atoms. The molecular weight excluding hydrogens is 592 g/mol. The molecule has 4 rings (SSSR count). The fraction of sp³-hybridized carbons (Fsp3) is 0.676. The van der Waals surface area contributed by atoms with Crippen molar-refractivity contribution in [3.05, 3.63) is 48.0 Å². The number of rotatable bonds is 12. The molecule has 2 aromatic rings. The van der Waals surface area contributed by atoms with E-state index in [1.54, 1.807) is 0 Å². The van der Waals surface area contributed by atoms with Gasteiger partial charge in [0.05, 0.1) is 18.9 Å². The molecule has 2 atom stereocenters. The van der Waals surface area contributed by atoms with E-state index in [9.17, 15) is 9.59 Å². The van der Waals surface area contributed by atoms with E-state index in [4.69, 9.17) is 19.4 Å². The Kier molecular flexibility index (Phi) is 12.4.